The Kier molecular flexibility index (Phi) is 5.37. The Morgan fingerprint density at radius 1 is 1.29 bits per heavy atom. The minimum absolute atomic E-state index is 0.0569. The van der Waals surface area contributed by atoms with E-state index < -0.39 is 0 Å². The molecule has 164 valence electrons. The minimum Gasteiger partial charge on any atom is -0.488 e. The summed E-state index contributed by atoms with van der Waals surface area (Å²) in [5.41, 5.74) is 2.82. The Labute approximate surface area is 180 Å². The third-order valence-corrected chi connectivity index (χ3v) is 6.12. The standard InChI is InChI=1S/C22H28N6O3/c1-26-21(19(13-23-26)31-14-17-6-7-27(17)9-10-30-2)16-5-8-28-18(11-16)12-20(25-28)24-22(29)15-3-4-15/h5,8,11-13,15,17H,3-4,6-7,9-10,14H2,1-2H3,(H,24,25,29)/t17-/m1/s1. The lowest BCUT2D eigenvalue weighted by Crippen LogP contribution is -2.51. The second kappa shape index (κ2) is 8.32. The Bertz CT molecular complexity index is 1090. The van der Waals surface area contributed by atoms with Crippen LogP contribution in [0.3, 0.4) is 0 Å². The summed E-state index contributed by atoms with van der Waals surface area (Å²) in [5.74, 6) is 1.56. The van der Waals surface area contributed by atoms with Crippen molar-refractivity contribution in [3.8, 4) is 17.0 Å². The number of nitrogens with one attached hydrogen (secondary N) is 1. The molecule has 9 heteroatoms. The largest absolute Gasteiger partial charge is 0.488 e. The smallest absolute Gasteiger partial charge is 0.228 e. The van der Waals surface area contributed by atoms with Crippen molar-refractivity contribution in [2.24, 2.45) is 13.0 Å². The van der Waals surface area contributed by atoms with Crippen molar-refractivity contribution < 1.29 is 14.3 Å². The number of nitrogens with zero attached hydrogens (tertiary/aromatic N) is 5. The number of aryl methyl sites for hydroxylation is 1. The van der Waals surface area contributed by atoms with Crippen LogP contribution in [0.15, 0.2) is 30.6 Å². The molecule has 0 unspecified atom stereocenters. The van der Waals surface area contributed by atoms with Crippen molar-refractivity contribution in [1.29, 1.82) is 0 Å². The monoisotopic (exact) mass is 424 g/mol. The van der Waals surface area contributed by atoms with Crippen LogP contribution in [0, 0.1) is 5.92 Å². The Balaban J connectivity index is 1.31. The maximum absolute atomic E-state index is 12.0. The fourth-order valence-electron chi connectivity index (χ4n) is 4.00. The average Bonchev–Trinajstić information content (AvgIpc) is 3.42. The lowest BCUT2D eigenvalue weighted by molar-refractivity contribution is -0.117. The molecule has 3 aromatic rings. The van der Waals surface area contributed by atoms with E-state index in [0.29, 0.717) is 18.5 Å². The van der Waals surface area contributed by atoms with Crippen LogP contribution in [0.25, 0.3) is 16.8 Å². The highest BCUT2D eigenvalue weighted by atomic mass is 16.5. The zero-order chi connectivity index (χ0) is 21.4. The van der Waals surface area contributed by atoms with E-state index in [1.54, 1.807) is 17.8 Å². The summed E-state index contributed by atoms with van der Waals surface area (Å²) < 4.78 is 15.0. The van der Waals surface area contributed by atoms with Crippen LogP contribution in [0.4, 0.5) is 5.82 Å². The molecule has 2 fully saturated rings. The maximum atomic E-state index is 12.0. The van der Waals surface area contributed by atoms with Gasteiger partial charge in [-0.2, -0.15) is 10.2 Å². The summed E-state index contributed by atoms with van der Waals surface area (Å²) in [6.07, 6.45) is 6.74. The highest BCUT2D eigenvalue weighted by Gasteiger charge is 2.30. The highest BCUT2D eigenvalue weighted by Crippen LogP contribution is 2.32. The maximum Gasteiger partial charge on any atom is 0.228 e. The van der Waals surface area contributed by atoms with Crippen molar-refractivity contribution in [3.63, 3.8) is 0 Å². The van der Waals surface area contributed by atoms with Crippen molar-refractivity contribution in [3.05, 3.63) is 30.6 Å². The van der Waals surface area contributed by atoms with E-state index in [2.05, 4.69) is 20.4 Å². The molecule has 1 aliphatic carbocycles. The highest BCUT2D eigenvalue weighted by molar-refractivity contribution is 5.93. The van der Waals surface area contributed by atoms with Gasteiger partial charge in [-0.3, -0.25) is 14.4 Å². The van der Waals surface area contributed by atoms with Gasteiger partial charge in [0.2, 0.25) is 5.91 Å². The van der Waals surface area contributed by atoms with Gasteiger partial charge >= 0.3 is 0 Å². The van der Waals surface area contributed by atoms with Crippen LogP contribution in [-0.4, -0.2) is 69.7 Å². The number of aromatic nitrogens is 4. The Morgan fingerprint density at radius 2 is 2.16 bits per heavy atom. The van der Waals surface area contributed by atoms with Gasteiger partial charge in [0.15, 0.2) is 11.6 Å². The number of fused-ring (bicyclic) bond motifs is 1. The predicted molar refractivity (Wildman–Crippen MR) is 116 cm³/mol. The second-order valence-electron chi connectivity index (χ2n) is 8.34. The quantitative estimate of drug-likeness (QED) is 0.567. The van der Waals surface area contributed by atoms with E-state index in [1.807, 2.05) is 36.1 Å². The molecule has 0 radical (unpaired) electrons. The van der Waals surface area contributed by atoms with Gasteiger partial charge in [0, 0.05) is 57.0 Å². The molecule has 0 bridgehead atoms. The first-order chi connectivity index (χ1) is 15.1. The lowest BCUT2D eigenvalue weighted by atomic mass is 10.0. The first kappa shape index (κ1) is 20.0. The molecule has 1 saturated carbocycles. The minimum atomic E-state index is 0.0569. The molecule has 9 nitrogen and oxygen atoms in total. The first-order valence-electron chi connectivity index (χ1n) is 10.8. The van der Waals surface area contributed by atoms with Gasteiger partial charge in [0.05, 0.1) is 18.3 Å². The molecule has 1 aliphatic heterocycles. The number of rotatable bonds is 9. The summed E-state index contributed by atoms with van der Waals surface area (Å²) in [6, 6.07) is 6.34. The number of pyridine rings is 1. The van der Waals surface area contributed by atoms with Crippen LogP contribution in [-0.2, 0) is 16.6 Å². The van der Waals surface area contributed by atoms with Gasteiger partial charge < -0.3 is 14.8 Å². The number of carbonyl (C=O) groups excluding carboxylic acids is 1. The number of amides is 1. The number of methoxy groups -OCH3 is 1. The van der Waals surface area contributed by atoms with E-state index in [1.165, 1.54) is 0 Å². The van der Waals surface area contributed by atoms with Gasteiger partial charge in [-0.25, -0.2) is 4.52 Å². The summed E-state index contributed by atoms with van der Waals surface area (Å²) >= 11 is 0. The fourth-order valence-corrected chi connectivity index (χ4v) is 4.00. The average molecular weight is 425 g/mol. The number of carbonyl (C=O) groups is 1. The Morgan fingerprint density at radius 3 is 2.90 bits per heavy atom. The number of hydrogen-bond acceptors (Lipinski definition) is 6. The molecule has 0 spiro atoms. The molecule has 2 aliphatic rings. The zero-order valence-electron chi connectivity index (χ0n) is 18.0. The van der Waals surface area contributed by atoms with E-state index in [9.17, 15) is 4.79 Å². The number of ether oxygens (including phenoxy) is 2. The van der Waals surface area contributed by atoms with Crippen LogP contribution in [0.5, 0.6) is 5.75 Å². The zero-order valence-corrected chi connectivity index (χ0v) is 18.0. The van der Waals surface area contributed by atoms with Crippen LogP contribution < -0.4 is 10.1 Å². The summed E-state index contributed by atoms with van der Waals surface area (Å²) in [5, 5.41) is 11.8. The first-order valence-corrected chi connectivity index (χ1v) is 10.8. The van der Waals surface area contributed by atoms with Crippen LogP contribution in [0.1, 0.15) is 19.3 Å². The van der Waals surface area contributed by atoms with Gasteiger partial charge in [0.25, 0.3) is 0 Å². The normalized spacial score (nSPS) is 18.8. The molecule has 3 aromatic heterocycles. The van der Waals surface area contributed by atoms with E-state index in [-0.39, 0.29) is 11.8 Å². The van der Waals surface area contributed by atoms with Gasteiger partial charge in [-0.1, -0.05) is 0 Å². The Hall–Kier alpha value is -2.91. The summed E-state index contributed by atoms with van der Waals surface area (Å²) in [7, 11) is 3.65. The summed E-state index contributed by atoms with van der Waals surface area (Å²) in [6.45, 7) is 3.40. The molecular formula is C22H28N6O3. The lowest BCUT2D eigenvalue weighted by Gasteiger charge is -2.40. The fraction of sp³-hybridized carbons (Fsp3) is 0.500. The van der Waals surface area contributed by atoms with E-state index in [0.717, 1.165) is 61.5 Å². The number of hydrogen-bond donors (Lipinski definition) is 1. The molecule has 0 aromatic carbocycles. The number of likely N-dealkylation sites (tertiary alicyclic amines) is 1. The van der Waals surface area contributed by atoms with Gasteiger partial charge in [0.1, 0.15) is 12.3 Å². The van der Waals surface area contributed by atoms with Crippen LogP contribution >= 0.6 is 0 Å². The van der Waals surface area contributed by atoms with E-state index in [4.69, 9.17) is 9.47 Å². The van der Waals surface area contributed by atoms with Crippen molar-refractivity contribution in [2.75, 3.05) is 38.7 Å². The topological polar surface area (TPSA) is 85.9 Å². The van der Waals surface area contributed by atoms with Gasteiger partial charge in [-0.05, 0) is 31.4 Å². The molecular weight excluding hydrogens is 396 g/mol. The third kappa shape index (κ3) is 4.15. The van der Waals surface area contributed by atoms with Crippen molar-refractivity contribution in [2.45, 2.75) is 25.3 Å². The van der Waals surface area contributed by atoms with Crippen LogP contribution in [0.2, 0.25) is 0 Å². The third-order valence-electron chi connectivity index (χ3n) is 6.12. The predicted octanol–water partition coefficient (Wildman–Crippen LogP) is 2.18. The molecule has 1 N–H and O–H groups in total. The van der Waals surface area contributed by atoms with E-state index >= 15 is 0 Å². The number of anilines is 1. The molecule has 4 heterocycles. The van der Waals surface area contributed by atoms with Crippen molar-refractivity contribution in [1.82, 2.24) is 24.3 Å². The van der Waals surface area contributed by atoms with Gasteiger partial charge in [-0.15, -0.1) is 0 Å². The second-order valence-corrected chi connectivity index (χ2v) is 8.34. The summed E-state index contributed by atoms with van der Waals surface area (Å²) in [4.78, 5) is 14.4. The SMILES string of the molecule is COCCN1CC[C@@H]1COc1cnn(C)c1-c1ccn2nc(NC(=O)C3CC3)cc2c1. The molecule has 5 rings (SSSR count). The molecule has 1 amide bonds. The molecule has 31 heavy (non-hydrogen) atoms. The van der Waals surface area contributed by atoms with Crippen molar-refractivity contribution >= 4 is 17.2 Å². The molecule has 1 atom stereocenters. The molecule has 1 saturated heterocycles.